The molecule has 24 heavy (non-hydrogen) atoms. The summed E-state index contributed by atoms with van der Waals surface area (Å²) in [6.07, 6.45) is 11.6. The van der Waals surface area contributed by atoms with Crippen molar-refractivity contribution in [3.63, 3.8) is 0 Å². The summed E-state index contributed by atoms with van der Waals surface area (Å²) in [4.78, 5) is 25.1. The molecule has 4 heteroatoms. The molecular weight excluding hydrogens is 302 g/mol. The van der Waals surface area contributed by atoms with Crippen molar-refractivity contribution in [2.75, 3.05) is 13.7 Å². The van der Waals surface area contributed by atoms with Crippen LogP contribution in [0, 0.1) is 35.0 Å². The maximum atomic E-state index is 13.1. The summed E-state index contributed by atoms with van der Waals surface area (Å²) in [5, 5.41) is 3.27. The third-order valence-corrected chi connectivity index (χ3v) is 7.46. The lowest BCUT2D eigenvalue weighted by atomic mass is 9.49. The predicted molar refractivity (Wildman–Crippen MR) is 91.1 cm³/mol. The highest BCUT2D eigenvalue weighted by Crippen LogP contribution is 2.60. The van der Waals surface area contributed by atoms with E-state index in [0.29, 0.717) is 6.54 Å². The smallest absolute Gasteiger partial charge is 0.309 e. The average molecular weight is 333 g/mol. The molecule has 0 saturated heterocycles. The molecule has 0 heterocycles. The number of hydrogen-bond acceptors (Lipinski definition) is 3. The van der Waals surface area contributed by atoms with Crippen LogP contribution in [0.15, 0.2) is 0 Å². The van der Waals surface area contributed by atoms with Gasteiger partial charge >= 0.3 is 5.97 Å². The number of esters is 1. The van der Waals surface area contributed by atoms with Crippen LogP contribution in [-0.4, -0.2) is 25.5 Å². The molecule has 0 spiro atoms. The first-order chi connectivity index (χ1) is 11.6. The van der Waals surface area contributed by atoms with Gasteiger partial charge in [-0.15, -0.1) is 0 Å². The van der Waals surface area contributed by atoms with Crippen molar-refractivity contribution in [3.8, 4) is 0 Å². The van der Waals surface area contributed by atoms with Crippen LogP contribution < -0.4 is 5.32 Å². The molecule has 4 nitrogen and oxygen atoms in total. The molecule has 0 aromatic carbocycles. The topological polar surface area (TPSA) is 55.4 Å². The SMILES string of the molecule is COC(=O)C1CCCCC1CNC(=O)C12CC3CC(CC(C3)C1)C2. The van der Waals surface area contributed by atoms with E-state index in [2.05, 4.69) is 5.32 Å². The van der Waals surface area contributed by atoms with Crippen molar-refractivity contribution in [2.24, 2.45) is 35.0 Å². The maximum Gasteiger partial charge on any atom is 0.309 e. The Balaban J connectivity index is 1.38. The first-order valence-corrected chi connectivity index (χ1v) is 9.96. The second-order valence-electron chi connectivity index (χ2n) is 9.08. The highest BCUT2D eigenvalue weighted by atomic mass is 16.5. The van der Waals surface area contributed by atoms with E-state index in [1.165, 1.54) is 26.4 Å². The molecule has 0 aliphatic heterocycles. The molecule has 5 aliphatic rings. The maximum absolute atomic E-state index is 13.1. The Morgan fingerprint density at radius 2 is 1.58 bits per heavy atom. The van der Waals surface area contributed by atoms with Crippen LogP contribution in [0.5, 0.6) is 0 Å². The predicted octanol–water partition coefficient (Wildman–Crippen LogP) is 3.30. The van der Waals surface area contributed by atoms with Gasteiger partial charge < -0.3 is 10.1 Å². The normalized spacial score (nSPS) is 43.5. The molecule has 0 aromatic rings. The van der Waals surface area contributed by atoms with E-state index < -0.39 is 0 Å². The van der Waals surface area contributed by atoms with Gasteiger partial charge in [-0.25, -0.2) is 0 Å². The number of nitrogens with one attached hydrogen (secondary N) is 1. The fraction of sp³-hybridized carbons (Fsp3) is 0.900. The number of ether oxygens (including phenoxy) is 1. The van der Waals surface area contributed by atoms with Crippen LogP contribution in [0.3, 0.4) is 0 Å². The molecular formula is C20H31NO3. The summed E-state index contributed by atoms with van der Waals surface area (Å²) in [6.45, 7) is 0.653. The van der Waals surface area contributed by atoms with Gasteiger partial charge in [0.25, 0.3) is 0 Å². The molecule has 5 rings (SSSR count). The number of carbonyl (C=O) groups excluding carboxylic acids is 2. The molecule has 5 aliphatic carbocycles. The molecule has 5 saturated carbocycles. The third kappa shape index (κ3) is 2.86. The van der Waals surface area contributed by atoms with Crippen LogP contribution >= 0.6 is 0 Å². The molecule has 1 amide bonds. The van der Waals surface area contributed by atoms with E-state index in [1.807, 2.05) is 0 Å². The Kier molecular flexibility index (Phi) is 4.34. The monoisotopic (exact) mass is 333 g/mol. The number of hydrogen-bond donors (Lipinski definition) is 1. The number of rotatable bonds is 4. The molecule has 0 radical (unpaired) electrons. The highest BCUT2D eigenvalue weighted by Gasteiger charge is 2.54. The first-order valence-electron chi connectivity index (χ1n) is 9.96. The minimum Gasteiger partial charge on any atom is -0.469 e. The van der Waals surface area contributed by atoms with Crippen LogP contribution in [0.4, 0.5) is 0 Å². The Hall–Kier alpha value is -1.06. The van der Waals surface area contributed by atoms with Gasteiger partial charge in [-0.1, -0.05) is 12.8 Å². The lowest BCUT2D eigenvalue weighted by Gasteiger charge is -2.55. The largest absolute Gasteiger partial charge is 0.469 e. The second-order valence-corrected chi connectivity index (χ2v) is 9.08. The zero-order valence-electron chi connectivity index (χ0n) is 14.9. The number of methoxy groups -OCH3 is 1. The molecule has 5 fully saturated rings. The van der Waals surface area contributed by atoms with Crippen LogP contribution in [0.25, 0.3) is 0 Å². The lowest BCUT2D eigenvalue weighted by molar-refractivity contribution is -0.150. The molecule has 2 unspecified atom stereocenters. The van der Waals surface area contributed by atoms with Gasteiger partial charge in [0.15, 0.2) is 0 Å². The number of amides is 1. The van der Waals surface area contributed by atoms with Gasteiger partial charge in [-0.05, 0) is 75.0 Å². The lowest BCUT2D eigenvalue weighted by Crippen LogP contribution is -2.54. The van der Waals surface area contributed by atoms with Crippen molar-refractivity contribution < 1.29 is 14.3 Å². The second kappa shape index (κ2) is 6.34. The number of carbonyl (C=O) groups is 2. The molecule has 1 N–H and O–H groups in total. The van der Waals surface area contributed by atoms with Crippen molar-refractivity contribution in [1.29, 1.82) is 0 Å². The van der Waals surface area contributed by atoms with E-state index in [1.54, 1.807) is 0 Å². The zero-order chi connectivity index (χ0) is 16.7. The van der Waals surface area contributed by atoms with Crippen molar-refractivity contribution in [2.45, 2.75) is 64.2 Å². The summed E-state index contributed by atoms with van der Waals surface area (Å²) in [7, 11) is 1.47. The van der Waals surface area contributed by atoms with Crippen molar-refractivity contribution >= 4 is 11.9 Å². The van der Waals surface area contributed by atoms with Crippen LogP contribution in [-0.2, 0) is 14.3 Å². The van der Waals surface area contributed by atoms with Gasteiger partial charge in [-0.3, -0.25) is 9.59 Å². The van der Waals surface area contributed by atoms with Crippen molar-refractivity contribution in [1.82, 2.24) is 5.32 Å². The average Bonchev–Trinajstić information content (AvgIpc) is 2.58. The summed E-state index contributed by atoms with van der Waals surface area (Å²) < 4.78 is 4.98. The summed E-state index contributed by atoms with van der Waals surface area (Å²) >= 11 is 0. The van der Waals surface area contributed by atoms with E-state index in [-0.39, 0.29) is 29.1 Å². The Morgan fingerprint density at radius 3 is 2.17 bits per heavy atom. The standard InChI is InChI=1S/C20H31NO3/c1-24-18(22)17-5-3-2-4-16(17)12-21-19(23)20-9-13-6-14(10-20)8-15(7-13)11-20/h13-17H,2-12H2,1H3,(H,21,23). The van der Waals surface area contributed by atoms with E-state index in [9.17, 15) is 9.59 Å². The van der Waals surface area contributed by atoms with Crippen molar-refractivity contribution in [3.05, 3.63) is 0 Å². The minimum atomic E-state index is -0.0937. The molecule has 4 bridgehead atoms. The third-order valence-electron chi connectivity index (χ3n) is 7.46. The summed E-state index contributed by atoms with van der Waals surface area (Å²) in [5.74, 6) is 2.79. The van der Waals surface area contributed by atoms with Crippen LogP contribution in [0.1, 0.15) is 64.2 Å². The summed E-state index contributed by atoms with van der Waals surface area (Å²) in [5.41, 5.74) is -0.0792. The molecule has 2 atom stereocenters. The van der Waals surface area contributed by atoms with E-state index in [4.69, 9.17) is 4.74 Å². The van der Waals surface area contributed by atoms with Gasteiger partial charge in [0, 0.05) is 12.0 Å². The quantitative estimate of drug-likeness (QED) is 0.803. The fourth-order valence-electron chi connectivity index (χ4n) is 6.71. The highest BCUT2D eigenvalue weighted by molar-refractivity contribution is 5.83. The molecule has 134 valence electrons. The van der Waals surface area contributed by atoms with Gasteiger partial charge in [-0.2, -0.15) is 0 Å². The zero-order valence-corrected chi connectivity index (χ0v) is 14.9. The van der Waals surface area contributed by atoms with Crippen LogP contribution in [0.2, 0.25) is 0 Å². The van der Waals surface area contributed by atoms with E-state index in [0.717, 1.165) is 62.7 Å². The fourth-order valence-corrected chi connectivity index (χ4v) is 6.71. The Bertz CT molecular complexity index is 480. The van der Waals surface area contributed by atoms with Gasteiger partial charge in [0.05, 0.1) is 13.0 Å². The first kappa shape index (κ1) is 16.4. The molecule has 0 aromatic heterocycles. The van der Waals surface area contributed by atoms with E-state index >= 15 is 0 Å². The summed E-state index contributed by atoms with van der Waals surface area (Å²) in [6, 6.07) is 0. The Morgan fingerprint density at radius 1 is 1.00 bits per heavy atom. The minimum absolute atomic E-state index is 0.0274. The Labute approximate surface area is 145 Å². The van der Waals surface area contributed by atoms with Gasteiger partial charge in [0.1, 0.15) is 0 Å². The van der Waals surface area contributed by atoms with Gasteiger partial charge in [0.2, 0.25) is 5.91 Å².